The highest BCUT2D eigenvalue weighted by atomic mass is 16.4. The van der Waals surface area contributed by atoms with Crippen LogP contribution >= 0.6 is 0 Å². The summed E-state index contributed by atoms with van der Waals surface area (Å²) in [6.45, 7) is 0. The maximum absolute atomic E-state index is 8.45. The van der Waals surface area contributed by atoms with Gasteiger partial charge in [-0.25, -0.2) is 0 Å². The summed E-state index contributed by atoms with van der Waals surface area (Å²) in [5, 5.41) is 16.4. The van der Waals surface area contributed by atoms with E-state index < -0.39 is 0 Å². The van der Waals surface area contributed by atoms with Crippen molar-refractivity contribution in [3.63, 3.8) is 0 Å². The largest absolute Gasteiger partial charge is 0.411 e. The zero-order valence-corrected chi connectivity index (χ0v) is 9.88. The number of oxime groups is 1. The molecule has 0 fully saturated rings. The molecule has 0 amide bonds. The van der Waals surface area contributed by atoms with Crippen LogP contribution in [-0.4, -0.2) is 11.4 Å². The third-order valence-electron chi connectivity index (χ3n) is 3.18. The van der Waals surface area contributed by atoms with E-state index in [1.54, 1.807) is 0 Å². The lowest BCUT2D eigenvalue weighted by molar-refractivity contribution is 0.321. The maximum atomic E-state index is 8.45. The van der Waals surface area contributed by atoms with Gasteiger partial charge in [0.15, 0.2) is 0 Å². The molecule has 2 nitrogen and oxygen atoms in total. The summed E-state index contributed by atoms with van der Waals surface area (Å²) in [5.41, 5.74) is 1.15. The van der Waals surface area contributed by atoms with Gasteiger partial charge in [-0.2, -0.15) is 0 Å². The molecular weight excluding hydrogens is 222 g/mol. The van der Waals surface area contributed by atoms with Gasteiger partial charge in [-0.1, -0.05) is 42.5 Å². The van der Waals surface area contributed by atoms with Gasteiger partial charge >= 0.3 is 0 Å². The molecule has 1 N–H and O–H groups in total. The molecule has 0 heterocycles. The first-order valence-electron chi connectivity index (χ1n) is 5.94. The molecule has 0 aromatic heterocycles. The lowest BCUT2D eigenvalue weighted by Crippen LogP contribution is -1.86. The molecule has 18 heavy (non-hydrogen) atoms. The maximum Gasteiger partial charge on any atom is 0.0479 e. The molecule has 0 bridgehead atoms. The monoisotopic (exact) mass is 235 g/mol. The van der Waals surface area contributed by atoms with Crippen LogP contribution in [0.3, 0.4) is 0 Å². The Morgan fingerprint density at radius 3 is 2.22 bits per heavy atom. The van der Waals surface area contributed by atoms with Crippen LogP contribution in [0.15, 0.2) is 59.8 Å². The van der Waals surface area contributed by atoms with Crippen LogP contribution in [-0.2, 0) is 6.42 Å². The van der Waals surface area contributed by atoms with Crippen LogP contribution in [0.5, 0.6) is 0 Å². The Labute approximate surface area is 105 Å². The van der Waals surface area contributed by atoms with E-state index >= 15 is 0 Å². The minimum Gasteiger partial charge on any atom is -0.411 e. The summed E-state index contributed by atoms with van der Waals surface area (Å²) < 4.78 is 0. The molecule has 3 rings (SSSR count). The second-order valence-corrected chi connectivity index (χ2v) is 4.38. The first-order valence-corrected chi connectivity index (χ1v) is 5.94. The van der Waals surface area contributed by atoms with Gasteiger partial charge in [0.1, 0.15) is 0 Å². The SMILES string of the molecule is ON=CCc1ccc2cc3ccccc3cc2c1. The molecule has 0 radical (unpaired) electrons. The Morgan fingerprint density at radius 2 is 1.50 bits per heavy atom. The van der Waals surface area contributed by atoms with E-state index in [2.05, 4.69) is 59.8 Å². The Bertz CT molecular complexity index is 731. The molecule has 0 aliphatic rings. The topological polar surface area (TPSA) is 32.6 Å². The van der Waals surface area contributed by atoms with Crippen LogP contribution in [0.4, 0.5) is 0 Å². The van der Waals surface area contributed by atoms with E-state index in [9.17, 15) is 0 Å². The van der Waals surface area contributed by atoms with Crippen molar-refractivity contribution in [3.05, 3.63) is 60.2 Å². The second kappa shape index (κ2) is 4.49. The third kappa shape index (κ3) is 1.93. The van der Waals surface area contributed by atoms with E-state index in [0.29, 0.717) is 6.42 Å². The van der Waals surface area contributed by atoms with E-state index in [4.69, 9.17) is 5.21 Å². The van der Waals surface area contributed by atoms with Crippen molar-refractivity contribution in [1.82, 2.24) is 0 Å². The number of benzene rings is 3. The number of fused-ring (bicyclic) bond motifs is 2. The highest BCUT2D eigenvalue weighted by Gasteiger charge is 1.99. The van der Waals surface area contributed by atoms with Gasteiger partial charge in [-0.05, 0) is 39.2 Å². The summed E-state index contributed by atoms with van der Waals surface area (Å²) in [6.07, 6.45) is 2.15. The zero-order valence-electron chi connectivity index (χ0n) is 9.88. The fraction of sp³-hybridized carbons (Fsp3) is 0.0625. The van der Waals surface area contributed by atoms with Crippen molar-refractivity contribution in [2.45, 2.75) is 6.42 Å². The third-order valence-corrected chi connectivity index (χ3v) is 3.18. The quantitative estimate of drug-likeness (QED) is 0.310. The molecule has 0 spiro atoms. The Hall–Kier alpha value is -2.35. The van der Waals surface area contributed by atoms with E-state index in [-0.39, 0.29) is 0 Å². The van der Waals surface area contributed by atoms with Crippen molar-refractivity contribution in [2.75, 3.05) is 0 Å². The molecule has 0 aliphatic carbocycles. The van der Waals surface area contributed by atoms with Gasteiger partial charge in [0.25, 0.3) is 0 Å². The standard InChI is InChI=1S/C16H13NO/c18-17-8-7-12-5-6-15-10-13-3-1-2-4-14(13)11-16(15)9-12/h1-6,8-11,18H,7H2. The van der Waals surface area contributed by atoms with Crippen molar-refractivity contribution >= 4 is 27.8 Å². The van der Waals surface area contributed by atoms with Gasteiger partial charge < -0.3 is 5.21 Å². The number of hydrogen-bond acceptors (Lipinski definition) is 2. The van der Waals surface area contributed by atoms with Gasteiger partial charge in [0, 0.05) is 12.6 Å². The molecule has 3 aromatic rings. The second-order valence-electron chi connectivity index (χ2n) is 4.38. The minimum absolute atomic E-state index is 0.652. The van der Waals surface area contributed by atoms with Crippen LogP contribution in [0.2, 0.25) is 0 Å². The molecule has 0 saturated carbocycles. The summed E-state index contributed by atoms with van der Waals surface area (Å²) in [6, 6.07) is 19.1. The summed E-state index contributed by atoms with van der Waals surface area (Å²) in [7, 11) is 0. The van der Waals surface area contributed by atoms with Gasteiger partial charge in [-0.3, -0.25) is 0 Å². The van der Waals surface area contributed by atoms with Crippen LogP contribution in [0, 0.1) is 0 Å². The number of hydrogen-bond donors (Lipinski definition) is 1. The lowest BCUT2D eigenvalue weighted by atomic mass is 10.0. The highest BCUT2D eigenvalue weighted by molar-refractivity contribution is 5.98. The molecular formula is C16H13NO. The predicted molar refractivity (Wildman–Crippen MR) is 75.4 cm³/mol. The molecule has 3 aromatic carbocycles. The Kier molecular flexibility index (Phi) is 2.69. The first-order chi connectivity index (χ1) is 8.86. The van der Waals surface area contributed by atoms with E-state index in [1.165, 1.54) is 27.8 Å². The fourth-order valence-corrected chi connectivity index (χ4v) is 2.26. The average molecular weight is 235 g/mol. The smallest absolute Gasteiger partial charge is 0.0479 e. The van der Waals surface area contributed by atoms with Gasteiger partial charge in [-0.15, -0.1) is 5.16 Å². The number of rotatable bonds is 2. The average Bonchev–Trinajstić information content (AvgIpc) is 2.42. The molecule has 0 atom stereocenters. The fourth-order valence-electron chi connectivity index (χ4n) is 2.26. The summed E-state index contributed by atoms with van der Waals surface area (Å²) >= 11 is 0. The normalized spacial score (nSPS) is 11.6. The first kappa shape index (κ1) is 10.8. The molecule has 2 heteroatoms. The Morgan fingerprint density at radius 1 is 0.833 bits per heavy atom. The van der Waals surface area contributed by atoms with Crippen molar-refractivity contribution in [3.8, 4) is 0 Å². The Balaban J connectivity index is 2.17. The van der Waals surface area contributed by atoms with Gasteiger partial charge in [0.2, 0.25) is 0 Å². The molecule has 0 unspecified atom stereocenters. The molecule has 0 aliphatic heterocycles. The summed E-state index contributed by atoms with van der Waals surface area (Å²) in [4.78, 5) is 0. The van der Waals surface area contributed by atoms with Crippen LogP contribution in [0.25, 0.3) is 21.5 Å². The van der Waals surface area contributed by atoms with Crippen molar-refractivity contribution in [2.24, 2.45) is 5.16 Å². The van der Waals surface area contributed by atoms with E-state index in [0.717, 1.165) is 5.56 Å². The van der Waals surface area contributed by atoms with Crippen LogP contribution in [0.1, 0.15) is 5.56 Å². The highest BCUT2D eigenvalue weighted by Crippen LogP contribution is 2.23. The number of nitrogens with zero attached hydrogens (tertiary/aromatic N) is 1. The molecule has 88 valence electrons. The van der Waals surface area contributed by atoms with Crippen molar-refractivity contribution in [1.29, 1.82) is 0 Å². The van der Waals surface area contributed by atoms with Crippen LogP contribution < -0.4 is 0 Å². The van der Waals surface area contributed by atoms with Gasteiger partial charge in [0.05, 0.1) is 0 Å². The molecule has 0 saturated heterocycles. The predicted octanol–water partition coefficient (Wildman–Crippen LogP) is 4.00. The van der Waals surface area contributed by atoms with Crippen molar-refractivity contribution < 1.29 is 5.21 Å². The summed E-state index contributed by atoms with van der Waals surface area (Å²) in [5.74, 6) is 0. The zero-order chi connectivity index (χ0) is 12.4. The lowest BCUT2D eigenvalue weighted by Gasteiger charge is -2.04. The van der Waals surface area contributed by atoms with E-state index in [1.807, 2.05) is 0 Å². The minimum atomic E-state index is 0.652.